The number of amides is 1. The predicted molar refractivity (Wildman–Crippen MR) is 54.0 cm³/mol. The molecule has 5 heteroatoms. The summed E-state index contributed by atoms with van der Waals surface area (Å²) in [5, 5.41) is 8.86. The van der Waals surface area contributed by atoms with Gasteiger partial charge in [-0.3, -0.25) is 4.79 Å². The Morgan fingerprint density at radius 1 is 1.79 bits per heavy atom. The maximum absolute atomic E-state index is 11.3. The monoisotopic (exact) mass is 209 g/mol. The molecule has 1 amide bonds. The van der Waals surface area contributed by atoms with Gasteiger partial charge >= 0.3 is 0 Å². The molecular formula is C9H11N3OS. The molecule has 0 radical (unpaired) electrons. The number of hydrogen-bond donors (Lipinski definition) is 0. The van der Waals surface area contributed by atoms with Gasteiger partial charge < -0.3 is 4.90 Å². The molecule has 1 atom stereocenters. The molecule has 0 spiro atoms. The molecule has 1 fully saturated rings. The minimum atomic E-state index is 0.0111. The maximum Gasteiger partial charge on any atom is 0.245 e. The Labute approximate surface area is 86.3 Å². The third kappa shape index (κ3) is 1.68. The number of likely N-dealkylation sites (tertiary alicyclic amines) is 1. The van der Waals surface area contributed by atoms with Gasteiger partial charge in [0.1, 0.15) is 10.5 Å². The molecule has 1 aliphatic heterocycles. The molecule has 1 unspecified atom stereocenters. The highest BCUT2D eigenvalue weighted by Crippen LogP contribution is 2.27. The van der Waals surface area contributed by atoms with Crippen LogP contribution in [0, 0.1) is 0 Å². The summed E-state index contributed by atoms with van der Waals surface area (Å²) in [6, 6.07) is 0. The van der Waals surface area contributed by atoms with Crippen LogP contribution in [0.1, 0.15) is 17.3 Å². The van der Waals surface area contributed by atoms with Gasteiger partial charge in [-0.25, -0.2) is 0 Å². The van der Waals surface area contributed by atoms with Crippen molar-refractivity contribution in [1.29, 1.82) is 0 Å². The zero-order chi connectivity index (χ0) is 9.97. The Balaban J connectivity index is 2.02. The molecule has 2 heterocycles. The Hall–Kier alpha value is -1.23. The van der Waals surface area contributed by atoms with Crippen LogP contribution in [0.4, 0.5) is 0 Å². The maximum atomic E-state index is 11.3. The van der Waals surface area contributed by atoms with Crippen LogP contribution in [0.2, 0.25) is 0 Å². The predicted octanol–water partition coefficient (Wildman–Crippen LogP) is 1.04. The molecular weight excluding hydrogens is 198 g/mol. The molecule has 0 bridgehead atoms. The van der Waals surface area contributed by atoms with Crippen LogP contribution in [0.5, 0.6) is 0 Å². The minimum Gasteiger partial charge on any atom is -0.338 e. The highest BCUT2D eigenvalue weighted by atomic mass is 32.1. The van der Waals surface area contributed by atoms with E-state index in [-0.39, 0.29) is 5.91 Å². The van der Waals surface area contributed by atoms with E-state index in [1.165, 1.54) is 6.08 Å². The summed E-state index contributed by atoms with van der Waals surface area (Å²) in [5.74, 6) is 0.378. The van der Waals surface area contributed by atoms with Crippen molar-refractivity contribution in [2.75, 3.05) is 13.1 Å². The van der Waals surface area contributed by atoms with Crippen molar-refractivity contribution in [3.05, 3.63) is 23.2 Å². The van der Waals surface area contributed by atoms with Crippen molar-refractivity contribution < 1.29 is 4.79 Å². The highest BCUT2D eigenvalue weighted by molar-refractivity contribution is 7.09. The fourth-order valence-electron chi connectivity index (χ4n) is 1.65. The topological polar surface area (TPSA) is 46.1 Å². The van der Waals surface area contributed by atoms with Crippen LogP contribution in [-0.4, -0.2) is 34.1 Å². The number of nitrogens with zero attached hydrogens (tertiary/aromatic N) is 3. The van der Waals surface area contributed by atoms with Gasteiger partial charge in [0.05, 0.1) is 0 Å². The lowest BCUT2D eigenvalue weighted by Crippen LogP contribution is -2.26. The van der Waals surface area contributed by atoms with Crippen molar-refractivity contribution in [3.8, 4) is 0 Å². The molecule has 1 aromatic rings. The van der Waals surface area contributed by atoms with E-state index in [0.29, 0.717) is 5.92 Å². The minimum absolute atomic E-state index is 0.0111. The van der Waals surface area contributed by atoms with Gasteiger partial charge in [-0.2, -0.15) is 0 Å². The fraction of sp³-hybridized carbons (Fsp3) is 0.444. The van der Waals surface area contributed by atoms with E-state index in [1.807, 2.05) is 0 Å². The molecule has 74 valence electrons. The van der Waals surface area contributed by atoms with Crippen molar-refractivity contribution in [2.24, 2.45) is 0 Å². The lowest BCUT2D eigenvalue weighted by atomic mass is 10.1. The lowest BCUT2D eigenvalue weighted by Gasteiger charge is -2.12. The van der Waals surface area contributed by atoms with Gasteiger partial charge in [-0.1, -0.05) is 6.58 Å². The van der Waals surface area contributed by atoms with Gasteiger partial charge in [-0.05, 0) is 12.5 Å². The van der Waals surface area contributed by atoms with E-state index in [9.17, 15) is 4.79 Å². The molecule has 0 aromatic carbocycles. The number of carbonyl (C=O) groups is 1. The summed E-state index contributed by atoms with van der Waals surface area (Å²) < 4.78 is 0. The van der Waals surface area contributed by atoms with E-state index in [0.717, 1.165) is 24.5 Å². The van der Waals surface area contributed by atoms with E-state index >= 15 is 0 Å². The van der Waals surface area contributed by atoms with E-state index in [2.05, 4.69) is 16.8 Å². The van der Waals surface area contributed by atoms with Crippen molar-refractivity contribution in [3.63, 3.8) is 0 Å². The van der Waals surface area contributed by atoms with Gasteiger partial charge in [-0.15, -0.1) is 21.5 Å². The highest BCUT2D eigenvalue weighted by Gasteiger charge is 2.27. The van der Waals surface area contributed by atoms with Crippen molar-refractivity contribution >= 4 is 17.2 Å². The second kappa shape index (κ2) is 3.88. The molecule has 0 aliphatic carbocycles. The smallest absolute Gasteiger partial charge is 0.245 e. The van der Waals surface area contributed by atoms with Gasteiger partial charge in [0, 0.05) is 19.0 Å². The molecule has 0 N–H and O–H groups in total. The normalized spacial score (nSPS) is 21.1. The molecule has 1 aromatic heterocycles. The third-order valence-corrected chi connectivity index (χ3v) is 3.26. The molecule has 14 heavy (non-hydrogen) atoms. The quantitative estimate of drug-likeness (QED) is 0.684. The average molecular weight is 209 g/mol. The fourth-order valence-corrected chi connectivity index (χ4v) is 2.33. The van der Waals surface area contributed by atoms with Gasteiger partial charge in [0.2, 0.25) is 5.91 Å². The molecule has 1 saturated heterocycles. The Morgan fingerprint density at radius 3 is 3.29 bits per heavy atom. The standard InChI is InChI=1S/C9H11N3OS/c1-2-8(13)12-4-3-7(5-12)9-11-10-6-14-9/h2,6-7H,1,3-5H2. The number of carbonyl (C=O) groups excluding carboxylic acids is 1. The summed E-state index contributed by atoms with van der Waals surface area (Å²) in [6.45, 7) is 5.03. The SMILES string of the molecule is C=CC(=O)N1CCC(c2nncs2)C1. The summed E-state index contributed by atoms with van der Waals surface area (Å²) in [4.78, 5) is 13.1. The average Bonchev–Trinajstić information content (AvgIpc) is 2.86. The largest absolute Gasteiger partial charge is 0.338 e. The Bertz CT molecular complexity index is 336. The summed E-state index contributed by atoms with van der Waals surface area (Å²) in [6.07, 6.45) is 2.34. The van der Waals surface area contributed by atoms with Crippen LogP contribution in [0.15, 0.2) is 18.2 Å². The second-order valence-corrected chi connectivity index (χ2v) is 4.12. The molecule has 4 nitrogen and oxygen atoms in total. The summed E-state index contributed by atoms with van der Waals surface area (Å²) in [7, 11) is 0. The van der Waals surface area contributed by atoms with Crippen molar-refractivity contribution in [2.45, 2.75) is 12.3 Å². The van der Waals surface area contributed by atoms with Crippen molar-refractivity contribution in [1.82, 2.24) is 15.1 Å². The molecule has 0 saturated carbocycles. The van der Waals surface area contributed by atoms with E-state index in [1.54, 1.807) is 21.7 Å². The van der Waals surface area contributed by atoms with Crippen LogP contribution in [-0.2, 0) is 4.79 Å². The summed E-state index contributed by atoms with van der Waals surface area (Å²) in [5.41, 5.74) is 1.73. The zero-order valence-electron chi connectivity index (χ0n) is 7.72. The Morgan fingerprint density at radius 2 is 2.64 bits per heavy atom. The number of hydrogen-bond acceptors (Lipinski definition) is 4. The first kappa shape index (κ1) is 9.33. The van der Waals surface area contributed by atoms with Crippen LogP contribution in [0.25, 0.3) is 0 Å². The first-order chi connectivity index (χ1) is 6.81. The number of rotatable bonds is 2. The third-order valence-electron chi connectivity index (χ3n) is 2.40. The molecule has 1 aliphatic rings. The first-order valence-electron chi connectivity index (χ1n) is 4.48. The van der Waals surface area contributed by atoms with Gasteiger partial charge in [0.25, 0.3) is 0 Å². The van der Waals surface area contributed by atoms with Crippen LogP contribution in [0.3, 0.4) is 0 Å². The number of aromatic nitrogens is 2. The molecule has 2 rings (SSSR count). The van der Waals surface area contributed by atoms with E-state index in [4.69, 9.17) is 0 Å². The van der Waals surface area contributed by atoms with Crippen LogP contribution < -0.4 is 0 Å². The Kier molecular flexibility index (Phi) is 2.58. The second-order valence-electron chi connectivity index (χ2n) is 3.25. The lowest BCUT2D eigenvalue weighted by molar-refractivity contribution is -0.125. The zero-order valence-corrected chi connectivity index (χ0v) is 8.54. The van der Waals surface area contributed by atoms with E-state index < -0.39 is 0 Å². The summed E-state index contributed by atoms with van der Waals surface area (Å²) >= 11 is 1.56. The van der Waals surface area contributed by atoms with Gasteiger partial charge in [0.15, 0.2) is 0 Å². The first-order valence-corrected chi connectivity index (χ1v) is 5.36. The van der Waals surface area contributed by atoms with Crippen LogP contribution >= 0.6 is 11.3 Å².